The van der Waals surface area contributed by atoms with Gasteiger partial charge in [-0.15, -0.1) is 0 Å². The molecular weight excluding hydrogens is 336 g/mol. The maximum absolute atomic E-state index is 13.2. The molecule has 0 saturated heterocycles. The average Bonchev–Trinajstić information content (AvgIpc) is 2.44. The minimum Gasteiger partial charge on any atom is -0.243 e. The van der Waals surface area contributed by atoms with E-state index in [9.17, 15) is 8.78 Å². The third kappa shape index (κ3) is 4.64. The van der Waals surface area contributed by atoms with Crippen LogP contribution in [0.1, 0.15) is 30.3 Å². The quantitative estimate of drug-likeness (QED) is 0.733. The van der Waals surface area contributed by atoms with Gasteiger partial charge in [-0.05, 0) is 64.5 Å². The van der Waals surface area contributed by atoms with E-state index in [1.807, 2.05) is 19.1 Å². The minimum absolute atomic E-state index is 0.519. The Morgan fingerprint density at radius 1 is 1.10 bits per heavy atom. The maximum atomic E-state index is 13.2. The standard InChI is InChI=1S/C17H14BrF2N/c1-2-3-4-15-6-7-16(18)17(21-15)8-5-12-9-13(19)11-14(20)10-12/h6-7,9-11H,2,5,8H2,1H3. The number of aryl methyl sites for hydroxylation is 2. The number of rotatable bonds is 3. The molecule has 1 heterocycles. The van der Waals surface area contributed by atoms with Gasteiger partial charge in [0.25, 0.3) is 0 Å². The zero-order valence-electron chi connectivity index (χ0n) is 11.6. The molecule has 1 nitrogen and oxygen atoms in total. The molecule has 1 aromatic heterocycles. The van der Waals surface area contributed by atoms with E-state index in [0.29, 0.717) is 24.1 Å². The zero-order chi connectivity index (χ0) is 15.2. The predicted molar refractivity (Wildman–Crippen MR) is 82.9 cm³/mol. The third-order valence-corrected chi connectivity index (χ3v) is 3.61. The van der Waals surface area contributed by atoms with Crippen molar-refractivity contribution in [2.45, 2.75) is 26.2 Å². The Morgan fingerprint density at radius 2 is 1.81 bits per heavy atom. The van der Waals surface area contributed by atoms with Crippen molar-refractivity contribution in [1.29, 1.82) is 0 Å². The molecule has 0 saturated carbocycles. The second-order valence-corrected chi connectivity index (χ2v) is 5.41. The van der Waals surface area contributed by atoms with Crippen molar-refractivity contribution in [2.24, 2.45) is 0 Å². The van der Waals surface area contributed by atoms with E-state index in [2.05, 4.69) is 32.8 Å². The molecule has 0 aliphatic heterocycles. The van der Waals surface area contributed by atoms with E-state index < -0.39 is 11.6 Å². The number of benzene rings is 1. The molecule has 0 amide bonds. The normalized spacial score (nSPS) is 10.1. The molecule has 21 heavy (non-hydrogen) atoms. The van der Waals surface area contributed by atoms with Crippen molar-refractivity contribution in [1.82, 2.24) is 4.98 Å². The SMILES string of the molecule is CCC#Cc1ccc(Br)c(CCc2cc(F)cc(F)c2)n1. The van der Waals surface area contributed by atoms with E-state index in [4.69, 9.17) is 0 Å². The van der Waals surface area contributed by atoms with Gasteiger partial charge >= 0.3 is 0 Å². The van der Waals surface area contributed by atoms with Gasteiger partial charge in [0.2, 0.25) is 0 Å². The van der Waals surface area contributed by atoms with Crippen LogP contribution < -0.4 is 0 Å². The Kier molecular flexibility index (Phi) is 5.46. The fourth-order valence-corrected chi connectivity index (χ4v) is 2.35. The smallest absolute Gasteiger partial charge is 0.126 e. The number of pyridine rings is 1. The van der Waals surface area contributed by atoms with Gasteiger partial charge in [0.15, 0.2) is 0 Å². The van der Waals surface area contributed by atoms with Crippen LogP contribution in [0.2, 0.25) is 0 Å². The summed E-state index contributed by atoms with van der Waals surface area (Å²) >= 11 is 3.44. The van der Waals surface area contributed by atoms with Crippen LogP contribution >= 0.6 is 15.9 Å². The highest BCUT2D eigenvalue weighted by atomic mass is 79.9. The molecule has 1 aromatic carbocycles. The summed E-state index contributed by atoms with van der Waals surface area (Å²) in [5, 5.41) is 0. The van der Waals surface area contributed by atoms with Gasteiger partial charge < -0.3 is 0 Å². The number of nitrogens with zero attached hydrogens (tertiary/aromatic N) is 1. The summed E-state index contributed by atoms with van der Waals surface area (Å²) in [6.45, 7) is 1.98. The zero-order valence-corrected chi connectivity index (χ0v) is 13.2. The summed E-state index contributed by atoms with van der Waals surface area (Å²) in [5.74, 6) is 4.84. The van der Waals surface area contributed by atoms with Crippen LogP contribution in [0.25, 0.3) is 0 Å². The third-order valence-electron chi connectivity index (χ3n) is 2.88. The fraction of sp³-hybridized carbons (Fsp3) is 0.235. The molecule has 2 aromatic rings. The molecule has 0 unspecified atom stereocenters. The van der Waals surface area contributed by atoms with E-state index in [-0.39, 0.29) is 0 Å². The van der Waals surface area contributed by atoms with Gasteiger partial charge in [-0.3, -0.25) is 0 Å². The van der Waals surface area contributed by atoms with Crippen LogP contribution in [-0.4, -0.2) is 4.98 Å². The molecule has 4 heteroatoms. The molecule has 2 rings (SSSR count). The van der Waals surface area contributed by atoms with Crippen LogP contribution in [0.3, 0.4) is 0 Å². The van der Waals surface area contributed by atoms with Gasteiger partial charge in [0.05, 0.1) is 5.69 Å². The summed E-state index contributed by atoms with van der Waals surface area (Å²) in [4.78, 5) is 4.46. The highest BCUT2D eigenvalue weighted by Crippen LogP contribution is 2.18. The lowest BCUT2D eigenvalue weighted by Gasteiger charge is -2.05. The summed E-state index contributed by atoms with van der Waals surface area (Å²) in [6, 6.07) is 7.31. The number of halogens is 3. The van der Waals surface area contributed by atoms with E-state index in [0.717, 1.165) is 22.7 Å². The Morgan fingerprint density at radius 3 is 2.48 bits per heavy atom. The average molecular weight is 350 g/mol. The van der Waals surface area contributed by atoms with Crippen molar-refractivity contribution in [3.05, 3.63) is 63.4 Å². The number of aromatic nitrogens is 1. The highest BCUT2D eigenvalue weighted by molar-refractivity contribution is 9.10. The van der Waals surface area contributed by atoms with E-state index in [1.165, 1.54) is 12.1 Å². The Hall–Kier alpha value is -1.73. The van der Waals surface area contributed by atoms with Crippen molar-refractivity contribution in [2.75, 3.05) is 0 Å². The fourth-order valence-electron chi connectivity index (χ4n) is 1.93. The molecule has 0 atom stereocenters. The predicted octanol–water partition coefficient (Wildman–Crippen LogP) is 4.67. The lowest BCUT2D eigenvalue weighted by Crippen LogP contribution is -1.99. The number of hydrogen-bond donors (Lipinski definition) is 0. The van der Waals surface area contributed by atoms with Gasteiger partial charge in [-0.1, -0.05) is 12.8 Å². The lowest BCUT2D eigenvalue weighted by molar-refractivity contribution is 0.579. The van der Waals surface area contributed by atoms with Crippen LogP contribution in [0, 0.1) is 23.5 Å². The minimum atomic E-state index is -0.556. The van der Waals surface area contributed by atoms with Crippen LogP contribution in [0.5, 0.6) is 0 Å². The first-order valence-corrected chi connectivity index (χ1v) is 7.47. The monoisotopic (exact) mass is 349 g/mol. The van der Waals surface area contributed by atoms with Crippen LogP contribution in [-0.2, 0) is 12.8 Å². The van der Waals surface area contributed by atoms with Crippen molar-refractivity contribution in [3.8, 4) is 11.8 Å². The van der Waals surface area contributed by atoms with Gasteiger partial charge in [0.1, 0.15) is 17.3 Å². The molecule has 0 aliphatic carbocycles. The number of hydrogen-bond acceptors (Lipinski definition) is 1. The first kappa shape index (κ1) is 15.7. The van der Waals surface area contributed by atoms with Crippen LogP contribution in [0.15, 0.2) is 34.8 Å². The first-order valence-electron chi connectivity index (χ1n) is 6.67. The maximum Gasteiger partial charge on any atom is 0.126 e. The van der Waals surface area contributed by atoms with E-state index in [1.54, 1.807) is 0 Å². The molecule has 0 aliphatic rings. The molecule has 0 bridgehead atoms. The largest absolute Gasteiger partial charge is 0.243 e. The first-order chi connectivity index (χ1) is 10.1. The summed E-state index contributed by atoms with van der Waals surface area (Å²) in [5.41, 5.74) is 2.16. The molecule has 0 fully saturated rings. The van der Waals surface area contributed by atoms with Crippen molar-refractivity contribution >= 4 is 15.9 Å². The van der Waals surface area contributed by atoms with Gasteiger partial charge in [-0.2, -0.15) is 0 Å². The van der Waals surface area contributed by atoms with Crippen molar-refractivity contribution in [3.63, 3.8) is 0 Å². The topological polar surface area (TPSA) is 12.9 Å². The molecule has 0 N–H and O–H groups in total. The Labute approximate surface area is 131 Å². The lowest BCUT2D eigenvalue weighted by atomic mass is 10.1. The van der Waals surface area contributed by atoms with Crippen molar-refractivity contribution < 1.29 is 8.78 Å². The highest BCUT2D eigenvalue weighted by Gasteiger charge is 2.06. The molecular formula is C17H14BrF2N. The van der Waals surface area contributed by atoms with Gasteiger partial charge in [-0.25, -0.2) is 13.8 Å². The molecule has 0 radical (unpaired) electrons. The van der Waals surface area contributed by atoms with Gasteiger partial charge in [0, 0.05) is 17.0 Å². The molecule has 0 spiro atoms. The molecule has 108 valence electrons. The second-order valence-electron chi connectivity index (χ2n) is 4.56. The summed E-state index contributed by atoms with van der Waals surface area (Å²) in [7, 11) is 0. The van der Waals surface area contributed by atoms with Crippen LogP contribution in [0.4, 0.5) is 8.78 Å². The Bertz CT molecular complexity index is 681. The second kappa shape index (κ2) is 7.33. The van der Waals surface area contributed by atoms with E-state index >= 15 is 0 Å². The summed E-state index contributed by atoms with van der Waals surface area (Å²) in [6.07, 6.45) is 1.88. The Balaban J connectivity index is 2.15. The summed E-state index contributed by atoms with van der Waals surface area (Å²) < 4.78 is 27.2.